The summed E-state index contributed by atoms with van der Waals surface area (Å²) in [6.45, 7) is 4.49. The Morgan fingerprint density at radius 2 is 1.62 bits per heavy atom. The van der Waals surface area contributed by atoms with Gasteiger partial charge in [0.25, 0.3) is 5.91 Å². The highest BCUT2D eigenvalue weighted by Crippen LogP contribution is 2.20. The van der Waals surface area contributed by atoms with Gasteiger partial charge >= 0.3 is 0 Å². The topological polar surface area (TPSA) is 61.8 Å². The molecule has 3 aromatic rings. The third kappa shape index (κ3) is 7.52. The van der Waals surface area contributed by atoms with Crippen molar-refractivity contribution in [1.29, 1.82) is 0 Å². The van der Waals surface area contributed by atoms with E-state index in [-0.39, 0.29) is 12.5 Å². The average molecular weight is 433 g/mol. The second-order valence-corrected chi connectivity index (χ2v) is 7.86. The molecule has 0 aliphatic rings. The maximum Gasteiger partial charge on any atom is 0.259 e. The predicted molar refractivity (Wildman–Crippen MR) is 129 cm³/mol. The zero-order chi connectivity index (χ0) is 22.6. The van der Waals surface area contributed by atoms with Crippen molar-refractivity contribution >= 4 is 11.6 Å². The van der Waals surface area contributed by atoms with E-state index >= 15 is 0 Å². The van der Waals surface area contributed by atoms with Crippen molar-refractivity contribution in [3.05, 3.63) is 96.1 Å². The maximum absolute atomic E-state index is 12.7. The van der Waals surface area contributed by atoms with Crippen LogP contribution in [0.3, 0.4) is 0 Å². The molecule has 0 radical (unpaired) electrons. The molecule has 0 aliphatic heterocycles. The van der Waals surface area contributed by atoms with E-state index in [0.29, 0.717) is 17.9 Å². The van der Waals surface area contributed by atoms with E-state index in [9.17, 15) is 9.90 Å². The molecule has 1 atom stereocenters. The molecule has 0 heterocycles. The monoisotopic (exact) mass is 432 g/mol. The van der Waals surface area contributed by atoms with Gasteiger partial charge in [-0.05, 0) is 42.8 Å². The molecule has 3 rings (SSSR count). The lowest BCUT2D eigenvalue weighted by Gasteiger charge is -2.25. The highest BCUT2D eigenvalue weighted by atomic mass is 16.5. The van der Waals surface area contributed by atoms with Gasteiger partial charge in [0, 0.05) is 18.8 Å². The lowest BCUT2D eigenvalue weighted by Crippen LogP contribution is -2.36. The third-order valence-electron chi connectivity index (χ3n) is 5.14. The van der Waals surface area contributed by atoms with Gasteiger partial charge in [0.15, 0.2) is 0 Å². The van der Waals surface area contributed by atoms with E-state index in [0.717, 1.165) is 31.6 Å². The summed E-state index contributed by atoms with van der Waals surface area (Å²) in [6, 6.07) is 26.7. The number of carbonyl (C=O) groups is 1. The molecule has 0 bridgehead atoms. The number of carbonyl (C=O) groups excluding carboxylic acids is 1. The third-order valence-corrected chi connectivity index (χ3v) is 5.14. The Morgan fingerprint density at radius 3 is 2.34 bits per heavy atom. The highest BCUT2D eigenvalue weighted by molar-refractivity contribution is 6.06. The van der Waals surface area contributed by atoms with Gasteiger partial charge in [0.05, 0.1) is 5.56 Å². The summed E-state index contributed by atoms with van der Waals surface area (Å²) in [5.74, 6) is 0.220. The molecular weight excluding hydrogens is 400 g/mol. The molecular formula is C27H32N2O3. The number of nitrogens with zero attached hydrogens (tertiary/aromatic N) is 1. The van der Waals surface area contributed by atoms with E-state index in [1.165, 1.54) is 5.56 Å². The summed E-state index contributed by atoms with van der Waals surface area (Å²) in [5, 5.41) is 13.5. The Morgan fingerprint density at radius 1 is 0.969 bits per heavy atom. The fourth-order valence-electron chi connectivity index (χ4n) is 3.49. The summed E-state index contributed by atoms with van der Waals surface area (Å²) >= 11 is 0. The molecule has 168 valence electrons. The smallest absolute Gasteiger partial charge is 0.259 e. The van der Waals surface area contributed by atoms with Gasteiger partial charge in [0.2, 0.25) is 0 Å². The molecule has 0 aromatic heterocycles. The summed E-state index contributed by atoms with van der Waals surface area (Å²) in [7, 11) is 0. The van der Waals surface area contributed by atoms with Crippen LogP contribution in [0, 0.1) is 0 Å². The molecule has 0 fully saturated rings. The molecule has 1 amide bonds. The number of hydrogen-bond donors (Lipinski definition) is 2. The van der Waals surface area contributed by atoms with Crippen molar-refractivity contribution in [1.82, 2.24) is 4.90 Å². The van der Waals surface area contributed by atoms with E-state index in [1.54, 1.807) is 18.2 Å². The number of unbranched alkanes of at least 4 members (excludes halogenated alkanes) is 1. The highest BCUT2D eigenvalue weighted by Gasteiger charge is 2.16. The number of hydrogen-bond acceptors (Lipinski definition) is 4. The quantitative estimate of drug-likeness (QED) is 0.424. The van der Waals surface area contributed by atoms with Crippen LogP contribution in [0.4, 0.5) is 5.69 Å². The number of rotatable bonds is 12. The first-order valence-electron chi connectivity index (χ1n) is 11.2. The zero-order valence-corrected chi connectivity index (χ0v) is 18.6. The zero-order valence-electron chi connectivity index (χ0n) is 18.6. The lowest BCUT2D eigenvalue weighted by molar-refractivity contribution is 0.0644. The molecule has 5 heteroatoms. The first kappa shape index (κ1) is 23.5. The molecule has 32 heavy (non-hydrogen) atoms. The lowest BCUT2D eigenvalue weighted by atomic mass is 10.1. The minimum Gasteiger partial charge on any atom is -0.490 e. The number of aliphatic hydroxyl groups excluding tert-OH is 1. The van der Waals surface area contributed by atoms with Crippen molar-refractivity contribution in [2.75, 3.05) is 25.0 Å². The van der Waals surface area contributed by atoms with Crippen LogP contribution in [-0.2, 0) is 6.54 Å². The van der Waals surface area contributed by atoms with Crippen LogP contribution in [0.15, 0.2) is 84.9 Å². The fraction of sp³-hybridized carbons (Fsp3) is 0.296. The van der Waals surface area contributed by atoms with Gasteiger partial charge in [-0.25, -0.2) is 0 Å². The summed E-state index contributed by atoms with van der Waals surface area (Å²) in [6.07, 6.45) is 1.51. The van der Waals surface area contributed by atoms with E-state index < -0.39 is 6.10 Å². The number of nitrogens with one attached hydrogen (secondary N) is 1. The number of amides is 1. The van der Waals surface area contributed by atoms with Gasteiger partial charge < -0.3 is 15.2 Å². The molecule has 2 N–H and O–H groups in total. The minimum atomic E-state index is -0.666. The SMILES string of the molecule is CCCCN(Cc1ccccc1)C[C@H](O)COc1ccccc1C(=O)Nc1ccccc1. The van der Waals surface area contributed by atoms with Gasteiger partial charge in [0.1, 0.15) is 18.5 Å². The predicted octanol–water partition coefficient (Wildman–Crippen LogP) is 4.98. The van der Waals surface area contributed by atoms with Gasteiger partial charge in [-0.15, -0.1) is 0 Å². The number of anilines is 1. The first-order chi connectivity index (χ1) is 15.7. The molecule has 0 aliphatic carbocycles. The minimum absolute atomic E-state index is 0.118. The summed E-state index contributed by atoms with van der Waals surface area (Å²) in [4.78, 5) is 15.0. The molecule has 0 saturated heterocycles. The first-order valence-corrected chi connectivity index (χ1v) is 11.2. The van der Waals surface area contributed by atoms with Gasteiger partial charge in [-0.2, -0.15) is 0 Å². The largest absolute Gasteiger partial charge is 0.490 e. The molecule has 0 saturated carbocycles. The Kier molecular flexibility index (Phi) is 9.29. The van der Waals surface area contributed by atoms with Crippen molar-refractivity contribution in [3.63, 3.8) is 0 Å². The second-order valence-electron chi connectivity index (χ2n) is 7.86. The normalized spacial score (nSPS) is 11.8. The second kappa shape index (κ2) is 12.6. The van der Waals surface area contributed by atoms with Gasteiger partial charge in [-0.3, -0.25) is 9.69 Å². The Bertz CT molecular complexity index is 947. The van der Waals surface area contributed by atoms with Crippen molar-refractivity contribution in [2.45, 2.75) is 32.4 Å². The number of benzene rings is 3. The van der Waals surface area contributed by atoms with Crippen LogP contribution in [0.1, 0.15) is 35.7 Å². The Hall–Kier alpha value is -3.15. The van der Waals surface area contributed by atoms with E-state index in [1.807, 2.05) is 54.6 Å². The number of para-hydroxylation sites is 2. The molecule has 5 nitrogen and oxygen atoms in total. The maximum atomic E-state index is 12.7. The van der Waals surface area contributed by atoms with Crippen LogP contribution < -0.4 is 10.1 Å². The average Bonchev–Trinajstić information content (AvgIpc) is 2.82. The van der Waals surface area contributed by atoms with Crippen molar-refractivity contribution < 1.29 is 14.6 Å². The van der Waals surface area contributed by atoms with E-state index in [2.05, 4.69) is 29.3 Å². The molecule has 3 aromatic carbocycles. The molecule has 0 unspecified atom stereocenters. The fourth-order valence-corrected chi connectivity index (χ4v) is 3.49. The van der Waals surface area contributed by atoms with Crippen molar-refractivity contribution in [2.24, 2.45) is 0 Å². The van der Waals surface area contributed by atoms with Gasteiger partial charge in [-0.1, -0.05) is 74.0 Å². The van der Waals surface area contributed by atoms with Crippen molar-refractivity contribution in [3.8, 4) is 5.75 Å². The van der Waals surface area contributed by atoms with Crippen LogP contribution in [-0.4, -0.2) is 41.7 Å². The van der Waals surface area contributed by atoms with Crippen LogP contribution in [0.5, 0.6) is 5.75 Å². The van der Waals surface area contributed by atoms with E-state index in [4.69, 9.17) is 4.74 Å². The number of ether oxygens (including phenoxy) is 1. The summed E-state index contributed by atoms with van der Waals surface area (Å²) < 4.78 is 5.88. The molecule has 0 spiro atoms. The standard InChI is InChI=1S/C27H32N2O3/c1-2-3-18-29(19-22-12-6-4-7-13-22)20-24(30)21-32-26-17-11-10-16-25(26)27(31)28-23-14-8-5-9-15-23/h4-17,24,30H,2-3,18-21H2,1H3,(H,28,31)/t24-/m0/s1. The summed E-state index contributed by atoms with van der Waals surface area (Å²) in [5.41, 5.74) is 2.38. The van der Waals surface area contributed by atoms with Crippen LogP contribution >= 0.6 is 0 Å². The Balaban J connectivity index is 1.58. The van der Waals surface area contributed by atoms with Crippen LogP contribution in [0.2, 0.25) is 0 Å². The Labute approximate surface area is 190 Å². The van der Waals surface area contributed by atoms with Crippen LogP contribution in [0.25, 0.3) is 0 Å². The number of aliphatic hydroxyl groups is 1.